The topological polar surface area (TPSA) is 75.2 Å². The third-order valence-corrected chi connectivity index (χ3v) is 4.11. The number of aromatic nitrogens is 1. The molecular formula is C21H22N4O. The lowest BCUT2D eigenvalue weighted by molar-refractivity contribution is 0.410. The lowest BCUT2D eigenvalue weighted by Crippen LogP contribution is -2.36. The van der Waals surface area contributed by atoms with Crippen LogP contribution in [0.3, 0.4) is 0 Å². The number of rotatable bonds is 6. The average molecular weight is 346 g/mol. The monoisotopic (exact) mass is 346 g/mol. The summed E-state index contributed by atoms with van der Waals surface area (Å²) in [5.74, 6) is 1.36. The van der Waals surface area contributed by atoms with Gasteiger partial charge in [0.25, 0.3) is 0 Å². The van der Waals surface area contributed by atoms with E-state index in [1.54, 1.807) is 12.0 Å². The molecular weight excluding hydrogens is 324 g/mol. The molecule has 0 radical (unpaired) electrons. The van der Waals surface area contributed by atoms with Crippen LogP contribution in [0.4, 0.5) is 5.82 Å². The molecule has 1 aromatic heterocycles. The third kappa shape index (κ3) is 4.19. The Morgan fingerprint density at radius 1 is 1.00 bits per heavy atom. The average Bonchev–Trinajstić information content (AvgIpc) is 2.67. The molecule has 0 saturated carbocycles. The highest BCUT2D eigenvalue weighted by Crippen LogP contribution is 2.22. The van der Waals surface area contributed by atoms with Crippen LogP contribution in [-0.2, 0) is 13.0 Å². The first-order chi connectivity index (χ1) is 12.7. The second-order valence-electron chi connectivity index (χ2n) is 5.93. The highest BCUT2D eigenvalue weighted by molar-refractivity contribution is 5.91. The molecule has 0 fully saturated rings. The van der Waals surface area contributed by atoms with Gasteiger partial charge >= 0.3 is 0 Å². The first-order valence-electron chi connectivity index (χ1n) is 8.40. The van der Waals surface area contributed by atoms with Crippen molar-refractivity contribution in [3.63, 3.8) is 0 Å². The van der Waals surface area contributed by atoms with Gasteiger partial charge in [0.2, 0.25) is 0 Å². The van der Waals surface area contributed by atoms with Gasteiger partial charge < -0.3 is 10.5 Å². The minimum atomic E-state index is -0.0553. The number of ether oxygens (including phenoxy) is 1. The number of pyridine rings is 1. The summed E-state index contributed by atoms with van der Waals surface area (Å²) >= 11 is 0. The molecule has 0 unspecified atom stereocenters. The SMILES string of the molecule is COc1ccccc1CN(C(=N)N)c1cccc(Cc2ccccc2)n1. The number of nitrogens with two attached hydrogens (primary N) is 1. The predicted molar refractivity (Wildman–Crippen MR) is 105 cm³/mol. The van der Waals surface area contributed by atoms with Crippen molar-refractivity contribution in [1.29, 1.82) is 5.41 Å². The van der Waals surface area contributed by atoms with Gasteiger partial charge in [-0.2, -0.15) is 0 Å². The van der Waals surface area contributed by atoms with Gasteiger partial charge in [-0.3, -0.25) is 10.3 Å². The fraction of sp³-hybridized carbons (Fsp3) is 0.143. The van der Waals surface area contributed by atoms with Gasteiger partial charge in [0, 0.05) is 17.7 Å². The van der Waals surface area contributed by atoms with Gasteiger partial charge in [0.05, 0.1) is 13.7 Å². The van der Waals surface area contributed by atoms with Crippen molar-refractivity contribution in [2.75, 3.05) is 12.0 Å². The van der Waals surface area contributed by atoms with Crippen LogP contribution in [0.1, 0.15) is 16.8 Å². The van der Waals surface area contributed by atoms with Crippen molar-refractivity contribution in [3.05, 3.63) is 89.6 Å². The maximum atomic E-state index is 7.98. The summed E-state index contributed by atoms with van der Waals surface area (Å²) in [7, 11) is 1.63. The van der Waals surface area contributed by atoms with Crippen LogP contribution in [0.5, 0.6) is 5.75 Å². The minimum absolute atomic E-state index is 0.0553. The number of para-hydroxylation sites is 1. The zero-order valence-corrected chi connectivity index (χ0v) is 14.7. The normalized spacial score (nSPS) is 10.3. The minimum Gasteiger partial charge on any atom is -0.496 e. The first-order valence-corrected chi connectivity index (χ1v) is 8.40. The molecule has 5 nitrogen and oxygen atoms in total. The van der Waals surface area contributed by atoms with Crippen molar-refractivity contribution in [2.24, 2.45) is 5.73 Å². The Morgan fingerprint density at radius 3 is 2.46 bits per heavy atom. The van der Waals surface area contributed by atoms with E-state index in [1.807, 2.05) is 60.7 Å². The van der Waals surface area contributed by atoms with E-state index in [2.05, 4.69) is 12.1 Å². The van der Waals surface area contributed by atoms with Crippen LogP contribution in [0.2, 0.25) is 0 Å². The summed E-state index contributed by atoms with van der Waals surface area (Å²) in [6.45, 7) is 0.418. The number of nitrogens with zero attached hydrogens (tertiary/aromatic N) is 2. The number of benzene rings is 2. The van der Waals surface area contributed by atoms with Crippen molar-refractivity contribution in [2.45, 2.75) is 13.0 Å². The van der Waals surface area contributed by atoms with Crippen molar-refractivity contribution < 1.29 is 4.74 Å². The Morgan fingerprint density at radius 2 is 1.73 bits per heavy atom. The Hall–Kier alpha value is -3.34. The summed E-state index contributed by atoms with van der Waals surface area (Å²) in [4.78, 5) is 6.38. The molecule has 5 heteroatoms. The number of hydrogen-bond acceptors (Lipinski definition) is 3. The zero-order chi connectivity index (χ0) is 18.4. The second kappa shape index (κ2) is 8.16. The van der Waals surface area contributed by atoms with Gasteiger partial charge in [-0.15, -0.1) is 0 Å². The van der Waals surface area contributed by atoms with Gasteiger partial charge in [0.15, 0.2) is 5.96 Å². The zero-order valence-electron chi connectivity index (χ0n) is 14.7. The van der Waals surface area contributed by atoms with E-state index in [0.717, 1.165) is 23.4 Å². The largest absolute Gasteiger partial charge is 0.496 e. The summed E-state index contributed by atoms with van der Waals surface area (Å²) in [5, 5.41) is 7.98. The van der Waals surface area contributed by atoms with Crippen LogP contribution in [0, 0.1) is 5.41 Å². The Kier molecular flexibility index (Phi) is 5.49. The smallest absolute Gasteiger partial charge is 0.194 e. The number of anilines is 1. The summed E-state index contributed by atoms with van der Waals surface area (Å²) in [5.41, 5.74) is 8.91. The van der Waals surface area contributed by atoms with E-state index in [0.29, 0.717) is 12.4 Å². The number of nitrogens with one attached hydrogen (secondary N) is 1. The van der Waals surface area contributed by atoms with Gasteiger partial charge in [-0.25, -0.2) is 4.98 Å². The molecule has 3 N–H and O–H groups in total. The van der Waals surface area contributed by atoms with Crippen molar-refractivity contribution >= 4 is 11.8 Å². The molecule has 1 heterocycles. The summed E-state index contributed by atoms with van der Waals surface area (Å²) in [6.07, 6.45) is 0.731. The maximum Gasteiger partial charge on any atom is 0.194 e. The van der Waals surface area contributed by atoms with Crippen molar-refractivity contribution in [3.8, 4) is 5.75 Å². The fourth-order valence-electron chi connectivity index (χ4n) is 2.81. The van der Waals surface area contributed by atoms with Gasteiger partial charge in [-0.1, -0.05) is 54.6 Å². The standard InChI is InChI=1S/C21H22N4O/c1-26-19-12-6-5-10-17(19)15-25(21(22)23)20-13-7-11-18(24-20)14-16-8-3-2-4-9-16/h2-13H,14-15H2,1H3,(H3,22,23). The lowest BCUT2D eigenvalue weighted by atomic mass is 10.1. The summed E-state index contributed by atoms with van der Waals surface area (Å²) < 4.78 is 5.41. The Balaban J connectivity index is 1.86. The van der Waals surface area contributed by atoms with Crippen molar-refractivity contribution in [1.82, 2.24) is 4.98 Å². The van der Waals surface area contributed by atoms with Crippen LogP contribution in [0.25, 0.3) is 0 Å². The van der Waals surface area contributed by atoms with Crippen LogP contribution in [0.15, 0.2) is 72.8 Å². The molecule has 2 aromatic carbocycles. The van der Waals surface area contributed by atoms with Gasteiger partial charge in [0.1, 0.15) is 11.6 Å². The molecule has 0 atom stereocenters. The molecule has 0 spiro atoms. The lowest BCUT2D eigenvalue weighted by Gasteiger charge is -2.23. The first kappa shape index (κ1) is 17.5. The Bertz CT molecular complexity index is 880. The summed E-state index contributed by atoms with van der Waals surface area (Å²) in [6, 6.07) is 23.7. The molecule has 26 heavy (non-hydrogen) atoms. The fourth-order valence-corrected chi connectivity index (χ4v) is 2.81. The van der Waals surface area contributed by atoms with Crippen LogP contribution < -0.4 is 15.4 Å². The quantitative estimate of drug-likeness (QED) is 0.528. The molecule has 0 bridgehead atoms. The molecule has 0 aliphatic heterocycles. The van der Waals surface area contributed by atoms with E-state index in [1.165, 1.54) is 5.56 Å². The van der Waals surface area contributed by atoms with E-state index >= 15 is 0 Å². The number of methoxy groups -OCH3 is 1. The van der Waals surface area contributed by atoms with E-state index in [-0.39, 0.29) is 5.96 Å². The Labute approximate surface area is 153 Å². The maximum absolute atomic E-state index is 7.98. The molecule has 132 valence electrons. The third-order valence-electron chi connectivity index (χ3n) is 4.11. The number of hydrogen-bond donors (Lipinski definition) is 2. The second-order valence-corrected chi connectivity index (χ2v) is 5.93. The van der Waals surface area contributed by atoms with Crippen LogP contribution >= 0.6 is 0 Å². The molecule has 0 saturated heterocycles. The van der Waals surface area contributed by atoms with Crippen LogP contribution in [-0.4, -0.2) is 18.1 Å². The molecule has 0 aliphatic rings. The predicted octanol–water partition coefficient (Wildman–Crippen LogP) is 3.58. The molecule has 0 aliphatic carbocycles. The van der Waals surface area contributed by atoms with Gasteiger partial charge in [-0.05, 0) is 23.8 Å². The van der Waals surface area contributed by atoms with E-state index in [9.17, 15) is 0 Å². The highest BCUT2D eigenvalue weighted by atomic mass is 16.5. The van der Waals surface area contributed by atoms with E-state index in [4.69, 9.17) is 20.9 Å². The molecule has 0 amide bonds. The highest BCUT2D eigenvalue weighted by Gasteiger charge is 2.15. The molecule has 3 rings (SSSR count). The number of guanidine groups is 1. The van der Waals surface area contributed by atoms with E-state index < -0.39 is 0 Å². The molecule has 3 aromatic rings.